The van der Waals surface area contributed by atoms with Gasteiger partial charge >= 0.3 is 5.97 Å². The van der Waals surface area contributed by atoms with Crippen molar-refractivity contribution in [1.29, 1.82) is 0 Å². The smallest absolute Gasteiger partial charge is 0.335 e. The number of carbonyl (C=O) groups is 3. The predicted octanol–water partition coefficient (Wildman–Crippen LogP) is 3.23. The first-order valence-electron chi connectivity index (χ1n) is 8.82. The van der Waals surface area contributed by atoms with Crippen LogP contribution in [0.15, 0.2) is 48.5 Å². The van der Waals surface area contributed by atoms with Crippen LogP contribution >= 0.6 is 0 Å². The normalized spacial score (nSPS) is 10.5. The van der Waals surface area contributed by atoms with Crippen LogP contribution in [-0.2, 0) is 22.6 Å². The Morgan fingerprint density at radius 2 is 1.74 bits per heavy atom. The number of nitrogens with one attached hydrogen (secondary N) is 2. The molecule has 6 nitrogen and oxygen atoms in total. The first-order valence-corrected chi connectivity index (χ1v) is 8.82. The van der Waals surface area contributed by atoms with Crippen molar-refractivity contribution in [1.82, 2.24) is 5.32 Å². The Balaban J connectivity index is 1.93. The van der Waals surface area contributed by atoms with E-state index in [4.69, 9.17) is 0 Å². The quantitative estimate of drug-likeness (QED) is 0.667. The van der Waals surface area contributed by atoms with Crippen LogP contribution in [0.25, 0.3) is 0 Å². The van der Waals surface area contributed by atoms with Gasteiger partial charge in [-0.3, -0.25) is 9.59 Å². The zero-order valence-electron chi connectivity index (χ0n) is 15.5. The number of anilines is 1. The van der Waals surface area contributed by atoms with E-state index < -0.39 is 5.97 Å². The molecule has 0 spiro atoms. The van der Waals surface area contributed by atoms with Crippen LogP contribution in [0.1, 0.15) is 41.8 Å². The van der Waals surface area contributed by atoms with Crippen LogP contribution in [0.5, 0.6) is 0 Å². The predicted molar refractivity (Wildman–Crippen MR) is 103 cm³/mol. The molecule has 2 aromatic rings. The summed E-state index contributed by atoms with van der Waals surface area (Å²) in [4.78, 5) is 35.2. The Morgan fingerprint density at radius 1 is 1.00 bits per heavy atom. The molecule has 0 aliphatic heterocycles. The summed E-state index contributed by atoms with van der Waals surface area (Å²) in [7, 11) is 0. The number of carbonyl (C=O) groups excluding carboxylic acids is 2. The Bertz CT molecular complexity index is 830. The van der Waals surface area contributed by atoms with Gasteiger partial charge in [-0.2, -0.15) is 0 Å². The van der Waals surface area contributed by atoms with Crippen molar-refractivity contribution >= 4 is 23.5 Å². The second-order valence-electron chi connectivity index (χ2n) is 6.76. The number of hydrogen-bond donors (Lipinski definition) is 3. The van der Waals surface area contributed by atoms with Crippen LogP contribution in [0, 0.1) is 5.92 Å². The highest BCUT2D eigenvalue weighted by atomic mass is 16.4. The highest BCUT2D eigenvalue weighted by Crippen LogP contribution is 2.13. The molecule has 3 N–H and O–H groups in total. The summed E-state index contributed by atoms with van der Waals surface area (Å²) in [5, 5.41) is 14.8. The second-order valence-corrected chi connectivity index (χ2v) is 6.76. The van der Waals surface area contributed by atoms with Gasteiger partial charge in [0.05, 0.1) is 12.0 Å². The first kappa shape index (κ1) is 20.2. The van der Waals surface area contributed by atoms with Crippen LogP contribution in [0.4, 0.5) is 5.69 Å². The molecule has 0 fully saturated rings. The van der Waals surface area contributed by atoms with Gasteiger partial charge in [-0.1, -0.05) is 44.2 Å². The van der Waals surface area contributed by atoms with Gasteiger partial charge in [0, 0.05) is 18.7 Å². The summed E-state index contributed by atoms with van der Waals surface area (Å²) in [6, 6.07) is 13.7. The molecule has 142 valence electrons. The molecule has 0 saturated heterocycles. The molecule has 0 aliphatic carbocycles. The van der Waals surface area contributed by atoms with E-state index in [1.807, 2.05) is 32.0 Å². The van der Waals surface area contributed by atoms with Crippen molar-refractivity contribution in [2.45, 2.75) is 33.2 Å². The second kappa shape index (κ2) is 9.52. The van der Waals surface area contributed by atoms with Crippen LogP contribution in [0.2, 0.25) is 0 Å². The average Bonchev–Trinajstić information content (AvgIpc) is 2.60. The van der Waals surface area contributed by atoms with Gasteiger partial charge in [0.1, 0.15) is 0 Å². The summed E-state index contributed by atoms with van der Waals surface area (Å²) in [6.45, 7) is 4.25. The Hall–Kier alpha value is -3.15. The lowest BCUT2D eigenvalue weighted by molar-refractivity contribution is -0.120. The molecule has 2 aromatic carbocycles. The summed E-state index contributed by atoms with van der Waals surface area (Å²) in [5.41, 5.74) is 2.13. The third kappa shape index (κ3) is 6.58. The van der Waals surface area contributed by atoms with Crippen molar-refractivity contribution < 1.29 is 19.5 Å². The summed E-state index contributed by atoms with van der Waals surface area (Å²) in [5.74, 6) is -1.08. The van der Waals surface area contributed by atoms with Gasteiger partial charge in [0.25, 0.3) is 0 Å². The summed E-state index contributed by atoms with van der Waals surface area (Å²) < 4.78 is 0. The monoisotopic (exact) mass is 368 g/mol. The zero-order valence-corrected chi connectivity index (χ0v) is 15.5. The zero-order chi connectivity index (χ0) is 19.8. The number of carboxylic acids is 1. The molecule has 27 heavy (non-hydrogen) atoms. The molecule has 0 atom stereocenters. The Morgan fingerprint density at radius 3 is 2.44 bits per heavy atom. The van der Waals surface area contributed by atoms with Gasteiger partial charge in [-0.05, 0) is 35.2 Å². The van der Waals surface area contributed by atoms with Gasteiger partial charge in [-0.15, -0.1) is 0 Å². The number of carboxylic acid groups (broad SMARTS) is 1. The lowest BCUT2D eigenvalue weighted by atomic mass is 10.0. The molecular formula is C21H24N2O4. The lowest BCUT2D eigenvalue weighted by Gasteiger charge is -2.10. The first-order chi connectivity index (χ1) is 12.8. The van der Waals surface area contributed by atoms with Crippen molar-refractivity contribution in [2.75, 3.05) is 5.32 Å². The van der Waals surface area contributed by atoms with Crippen molar-refractivity contribution in [2.24, 2.45) is 5.92 Å². The largest absolute Gasteiger partial charge is 0.478 e. The fourth-order valence-electron chi connectivity index (χ4n) is 2.66. The van der Waals surface area contributed by atoms with Crippen LogP contribution in [-0.4, -0.2) is 22.9 Å². The number of rotatable bonds is 8. The minimum Gasteiger partial charge on any atom is -0.478 e. The molecule has 0 heterocycles. The third-order valence-electron chi connectivity index (χ3n) is 3.89. The summed E-state index contributed by atoms with van der Waals surface area (Å²) in [6.07, 6.45) is 0.442. The van der Waals surface area contributed by atoms with Crippen molar-refractivity contribution in [3.8, 4) is 0 Å². The standard InChI is InChI=1S/C21H24N2O4/c1-14(2)10-20(25)23-17-8-5-6-15(11-17)13-22-19(24)12-16-7-3-4-9-18(16)21(26)27/h3-9,11,14H,10,12-13H2,1-2H3,(H,22,24)(H,23,25)(H,26,27). The minimum absolute atomic E-state index is 0.00666. The van der Waals surface area contributed by atoms with Gasteiger partial charge in [-0.25, -0.2) is 4.79 Å². The fourth-order valence-corrected chi connectivity index (χ4v) is 2.66. The third-order valence-corrected chi connectivity index (χ3v) is 3.89. The molecule has 0 saturated carbocycles. The number of amides is 2. The van der Waals surface area contributed by atoms with Crippen molar-refractivity contribution in [3.05, 3.63) is 65.2 Å². The molecule has 2 rings (SSSR count). The molecule has 2 amide bonds. The van der Waals surface area contributed by atoms with E-state index in [9.17, 15) is 19.5 Å². The lowest BCUT2D eigenvalue weighted by Crippen LogP contribution is -2.25. The number of aromatic carboxylic acids is 1. The maximum Gasteiger partial charge on any atom is 0.335 e. The Kier molecular flexibility index (Phi) is 7.11. The SMILES string of the molecule is CC(C)CC(=O)Nc1cccc(CNC(=O)Cc2ccccc2C(=O)O)c1. The van der Waals surface area contributed by atoms with E-state index in [-0.39, 0.29) is 29.7 Å². The van der Waals surface area contributed by atoms with Crippen molar-refractivity contribution in [3.63, 3.8) is 0 Å². The molecule has 0 bridgehead atoms. The van der Waals surface area contributed by atoms with Crippen LogP contribution in [0.3, 0.4) is 0 Å². The van der Waals surface area contributed by atoms with Gasteiger partial charge in [0.15, 0.2) is 0 Å². The van der Waals surface area contributed by atoms with Gasteiger partial charge < -0.3 is 15.7 Å². The van der Waals surface area contributed by atoms with E-state index in [0.29, 0.717) is 24.2 Å². The average molecular weight is 368 g/mol. The molecular weight excluding hydrogens is 344 g/mol. The van der Waals surface area contributed by atoms with E-state index in [1.165, 1.54) is 6.07 Å². The Labute approximate surface area is 158 Å². The maximum absolute atomic E-state index is 12.2. The minimum atomic E-state index is -1.05. The van der Waals surface area contributed by atoms with E-state index in [0.717, 1.165) is 5.56 Å². The van der Waals surface area contributed by atoms with Gasteiger partial charge in [0.2, 0.25) is 11.8 Å². The number of benzene rings is 2. The molecule has 6 heteroatoms. The fraction of sp³-hybridized carbons (Fsp3) is 0.286. The molecule has 0 radical (unpaired) electrons. The number of hydrogen-bond acceptors (Lipinski definition) is 3. The molecule has 0 aromatic heterocycles. The van der Waals surface area contributed by atoms with E-state index >= 15 is 0 Å². The maximum atomic E-state index is 12.2. The highest BCUT2D eigenvalue weighted by molar-refractivity contribution is 5.92. The van der Waals surface area contributed by atoms with Crippen LogP contribution < -0.4 is 10.6 Å². The van der Waals surface area contributed by atoms with E-state index in [2.05, 4.69) is 10.6 Å². The van der Waals surface area contributed by atoms with E-state index in [1.54, 1.807) is 24.3 Å². The topological polar surface area (TPSA) is 95.5 Å². The summed E-state index contributed by atoms with van der Waals surface area (Å²) >= 11 is 0. The highest BCUT2D eigenvalue weighted by Gasteiger charge is 2.12. The molecule has 0 aliphatic rings. The molecule has 0 unspecified atom stereocenters.